The first-order valence-corrected chi connectivity index (χ1v) is 5.31. The first-order chi connectivity index (χ1) is 5.54. The number of carbonyl (C=O) groups excluding carboxylic acids is 1. The first kappa shape index (κ1) is 11.4. The Morgan fingerprint density at radius 1 is 1.50 bits per heavy atom. The fraction of sp³-hybridized carbons (Fsp3) is 0.571. The van der Waals surface area contributed by atoms with Gasteiger partial charge in [-0.25, -0.2) is 4.79 Å². The third-order valence-corrected chi connectivity index (χ3v) is 1.58. The molecular formula is C7H13O4P. The molecule has 0 amide bonds. The van der Waals surface area contributed by atoms with Gasteiger partial charge in [0.1, 0.15) is 6.61 Å². The molecule has 0 aliphatic rings. The summed E-state index contributed by atoms with van der Waals surface area (Å²) in [6.07, 6.45) is 0. The molecule has 12 heavy (non-hydrogen) atoms. The summed E-state index contributed by atoms with van der Waals surface area (Å²) in [5.74, 6) is -0.450. The Hall–Kier alpha value is -0.600. The van der Waals surface area contributed by atoms with E-state index >= 15 is 0 Å². The number of esters is 1. The fourth-order valence-corrected chi connectivity index (χ4v) is 0.814. The van der Waals surface area contributed by atoms with E-state index in [-0.39, 0.29) is 13.2 Å². The molecule has 0 fully saturated rings. The average molecular weight is 192 g/mol. The van der Waals surface area contributed by atoms with Crippen molar-refractivity contribution in [1.82, 2.24) is 0 Å². The van der Waals surface area contributed by atoms with Crippen LogP contribution in [0, 0.1) is 0 Å². The van der Waals surface area contributed by atoms with Crippen LogP contribution in [0.15, 0.2) is 12.2 Å². The summed E-state index contributed by atoms with van der Waals surface area (Å²) in [4.78, 5) is 10.7. The molecule has 0 aromatic carbocycles. The van der Waals surface area contributed by atoms with Gasteiger partial charge in [0.15, 0.2) is 8.03 Å². The van der Waals surface area contributed by atoms with Gasteiger partial charge in [-0.1, -0.05) is 6.58 Å². The maximum Gasteiger partial charge on any atom is 0.333 e. The SMILES string of the molecule is C=C(C)C(=O)OCCO[PH](C)=O. The maximum atomic E-state index is 10.7. The lowest BCUT2D eigenvalue weighted by atomic mass is 10.4. The molecule has 0 radical (unpaired) electrons. The lowest BCUT2D eigenvalue weighted by Gasteiger charge is -2.03. The molecule has 1 unspecified atom stereocenters. The molecule has 0 rings (SSSR count). The molecule has 1 atom stereocenters. The number of hydrogen-bond acceptors (Lipinski definition) is 4. The Labute approximate surface area is 72.4 Å². The third-order valence-electron chi connectivity index (χ3n) is 0.970. The highest BCUT2D eigenvalue weighted by molar-refractivity contribution is 7.38. The predicted octanol–water partition coefficient (Wildman–Crippen LogP) is 1.23. The van der Waals surface area contributed by atoms with Crippen LogP contribution in [-0.4, -0.2) is 25.8 Å². The van der Waals surface area contributed by atoms with Crippen molar-refractivity contribution in [2.24, 2.45) is 0 Å². The second-order valence-corrected chi connectivity index (χ2v) is 3.53. The lowest BCUT2D eigenvalue weighted by molar-refractivity contribution is -0.139. The molecule has 70 valence electrons. The van der Waals surface area contributed by atoms with Crippen molar-refractivity contribution in [3.8, 4) is 0 Å². The minimum Gasteiger partial charge on any atom is -0.460 e. The standard InChI is InChI=1S/C7H13O4P/c1-6(2)7(8)10-4-5-11-12(3)9/h12H,1,4-5H2,2-3H3. The zero-order valence-electron chi connectivity index (χ0n) is 7.25. The summed E-state index contributed by atoms with van der Waals surface area (Å²) in [7, 11) is -1.92. The molecule has 4 nitrogen and oxygen atoms in total. The largest absolute Gasteiger partial charge is 0.460 e. The number of carbonyl (C=O) groups is 1. The van der Waals surface area contributed by atoms with Gasteiger partial charge < -0.3 is 9.26 Å². The Bertz CT molecular complexity index is 200. The van der Waals surface area contributed by atoms with E-state index in [9.17, 15) is 9.36 Å². The van der Waals surface area contributed by atoms with Gasteiger partial charge in [0.05, 0.1) is 6.61 Å². The molecule has 0 aromatic rings. The highest BCUT2D eigenvalue weighted by atomic mass is 31.1. The number of hydrogen-bond donors (Lipinski definition) is 0. The van der Waals surface area contributed by atoms with Gasteiger partial charge in [0.2, 0.25) is 0 Å². The van der Waals surface area contributed by atoms with Crippen LogP contribution < -0.4 is 0 Å². The smallest absolute Gasteiger partial charge is 0.333 e. The fourth-order valence-electron chi connectivity index (χ4n) is 0.443. The van der Waals surface area contributed by atoms with Crippen LogP contribution >= 0.6 is 8.03 Å². The van der Waals surface area contributed by atoms with E-state index in [4.69, 9.17) is 4.52 Å². The average Bonchev–Trinajstić information content (AvgIpc) is 1.97. The molecule has 0 N–H and O–H groups in total. The second kappa shape index (κ2) is 5.98. The molecule has 0 saturated heterocycles. The van der Waals surface area contributed by atoms with Gasteiger partial charge >= 0.3 is 5.97 Å². The zero-order chi connectivity index (χ0) is 9.56. The molecule has 0 aliphatic heterocycles. The normalized spacial score (nSPS) is 12.2. The van der Waals surface area contributed by atoms with E-state index < -0.39 is 14.0 Å². The maximum absolute atomic E-state index is 10.7. The van der Waals surface area contributed by atoms with Gasteiger partial charge in [-0.3, -0.25) is 4.57 Å². The van der Waals surface area contributed by atoms with Crippen molar-refractivity contribution in [3.05, 3.63) is 12.2 Å². The van der Waals surface area contributed by atoms with Crippen molar-refractivity contribution < 1.29 is 18.6 Å². The molecule has 0 bridgehead atoms. The number of ether oxygens (including phenoxy) is 1. The first-order valence-electron chi connectivity index (χ1n) is 3.50. The third kappa shape index (κ3) is 6.13. The van der Waals surface area contributed by atoms with Gasteiger partial charge in [0.25, 0.3) is 0 Å². The van der Waals surface area contributed by atoms with Crippen molar-refractivity contribution >= 4 is 14.0 Å². The van der Waals surface area contributed by atoms with Gasteiger partial charge in [-0.05, 0) is 6.92 Å². The Morgan fingerprint density at radius 3 is 2.50 bits per heavy atom. The lowest BCUT2D eigenvalue weighted by Crippen LogP contribution is -2.09. The second-order valence-electron chi connectivity index (χ2n) is 2.26. The predicted molar refractivity (Wildman–Crippen MR) is 46.7 cm³/mol. The summed E-state index contributed by atoms with van der Waals surface area (Å²) in [5.41, 5.74) is 0.346. The van der Waals surface area contributed by atoms with Gasteiger partial charge in [-0.2, -0.15) is 0 Å². The molecule has 0 heterocycles. The van der Waals surface area contributed by atoms with Crippen LogP contribution in [0.5, 0.6) is 0 Å². The number of rotatable bonds is 5. The Kier molecular flexibility index (Phi) is 5.68. The molecule has 0 aromatic heterocycles. The van der Waals surface area contributed by atoms with Crippen molar-refractivity contribution in [1.29, 1.82) is 0 Å². The Balaban J connectivity index is 3.38. The molecule has 0 spiro atoms. The Morgan fingerprint density at radius 2 is 2.08 bits per heavy atom. The molecule has 0 saturated carbocycles. The minimum atomic E-state index is -1.92. The van der Waals surface area contributed by atoms with Crippen LogP contribution in [0.1, 0.15) is 6.92 Å². The summed E-state index contributed by atoms with van der Waals surface area (Å²) >= 11 is 0. The van der Waals surface area contributed by atoms with Gasteiger partial charge in [-0.15, -0.1) is 0 Å². The van der Waals surface area contributed by atoms with Crippen molar-refractivity contribution in [2.75, 3.05) is 19.9 Å². The van der Waals surface area contributed by atoms with Gasteiger partial charge in [0, 0.05) is 12.2 Å². The summed E-state index contributed by atoms with van der Waals surface area (Å²) < 4.78 is 19.8. The van der Waals surface area contributed by atoms with Crippen molar-refractivity contribution in [3.63, 3.8) is 0 Å². The van der Waals surface area contributed by atoms with E-state index in [0.29, 0.717) is 5.57 Å². The summed E-state index contributed by atoms with van der Waals surface area (Å²) in [5, 5.41) is 0. The monoisotopic (exact) mass is 192 g/mol. The van der Waals surface area contributed by atoms with E-state index in [1.807, 2.05) is 0 Å². The van der Waals surface area contributed by atoms with Crippen LogP contribution in [0.25, 0.3) is 0 Å². The molecular weight excluding hydrogens is 179 g/mol. The van der Waals surface area contributed by atoms with E-state index in [1.165, 1.54) is 6.66 Å². The quantitative estimate of drug-likeness (QED) is 0.284. The molecule has 5 heteroatoms. The van der Waals surface area contributed by atoms with Crippen LogP contribution in [-0.2, 0) is 18.6 Å². The minimum absolute atomic E-state index is 0.121. The van der Waals surface area contributed by atoms with Crippen LogP contribution in [0.3, 0.4) is 0 Å². The van der Waals surface area contributed by atoms with E-state index in [2.05, 4.69) is 11.3 Å². The zero-order valence-corrected chi connectivity index (χ0v) is 8.25. The summed E-state index contributed by atoms with van der Waals surface area (Å²) in [6.45, 7) is 6.73. The highest BCUT2D eigenvalue weighted by Crippen LogP contribution is 2.13. The van der Waals surface area contributed by atoms with E-state index in [0.717, 1.165) is 0 Å². The van der Waals surface area contributed by atoms with E-state index in [1.54, 1.807) is 6.92 Å². The van der Waals surface area contributed by atoms with Crippen molar-refractivity contribution in [2.45, 2.75) is 6.92 Å². The molecule has 0 aliphatic carbocycles. The summed E-state index contributed by atoms with van der Waals surface area (Å²) in [6, 6.07) is 0. The highest BCUT2D eigenvalue weighted by Gasteiger charge is 2.01. The van der Waals surface area contributed by atoms with Crippen LogP contribution in [0.4, 0.5) is 0 Å². The topological polar surface area (TPSA) is 52.6 Å². The van der Waals surface area contributed by atoms with Crippen LogP contribution in [0.2, 0.25) is 0 Å².